The van der Waals surface area contributed by atoms with E-state index >= 15 is 8.78 Å². The number of aliphatic hydroxyl groups excluding tert-OH is 1. The molecule has 8 nitrogen and oxygen atoms in total. The van der Waals surface area contributed by atoms with E-state index in [9.17, 15) is 22.8 Å². The molecule has 0 aliphatic carbocycles. The highest BCUT2D eigenvalue weighted by Crippen LogP contribution is 2.44. The highest BCUT2D eigenvalue weighted by molar-refractivity contribution is 6.09. The average Bonchev–Trinajstić information content (AvgIpc) is 3.42. The topological polar surface area (TPSA) is 81.9 Å². The normalized spacial score (nSPS) is 18.0. The van der Waals surface area contributed by atoms with Crippen LogP contribution < -0.4 is 4.90 Å². The van der Waals surface area contributed by atoms with Crippen molar-refractivity contribution >= 4 is 35.5 Å². The number of aliphatic hydroxyl groups is 1. The number of alkyl halides is 5. The lowest BCUT2D eigenvalue weighted by Crippen LogP contribution is -2.48. The fraction of sp³-hybridized carbons (Fsp3) is 0.367. The van der Waals surface area contributed by atoms with Gasteiger partial charge in [0.15, 0.2) is 5.69 Å². The smallest absolute Gasteiger partial charge is 0.396 e. The molecule has 0 radical (unpaired) electrons. The van der Waals surface area contributed by atoms with E-state index in [2.05, 4.69) is 10.00 Å². The molecule has 0 saturated carbocycles. The Morgan fingerprint density at radius 3 is 2.27 bits per heavy atom. The molecule has 1 saturated heterocycles. The number of fused-ring (bicyclic) bond motifs is 1. The molecule has 2 aliphatic heterocycles. The average molecular weight is 640 g/mol. The quantitative estimate of drug-likeness (QED) is 0.306. The van der Waals surface area contributed by atoms with Crippen molar-refractivity contribution in [3.8, 4) is 5.69 Å². The summed E-state index contributed by atoms with van der Waals surface area (Å²) in [7, 11) is 0. The number of anilines is 1. The van der Waals surface area contributed by atoms with Crippen molar-refractivity contribution in [2.75, 3.05) is 50.8 Å². The molecule has 0 unspecified atom stereocenters. The van der Waals surface area contributed by atoms with Crippen molar-refractivity contribution in [1.29, 1.82) is 0 Å². The molecule has 2 amide bonds. The van der Waals surface area contributed by atoms with E-state index in [1.165, 1.54) is 53.4 Å². The number of rotatable bonds is 6. The Balaban J connectivity index is 0.00000442. The van der Waals surface area contributed by atoms with Crippen LogP contribution in [0.4, 0.5) is 27.6 Å². The number of halogens is 6. The molecule has 1 aromatic heterocycles. The molecule has 2 aromatic carbocycles. The van der Waals surface area contributed by atoms with Gasteiger partial charge in [0.1, 0.15) is 0 Å². The minimum absolute atomic E-state index is 0. The second-order valence-electron chi connectivity index (χ2n) is 10.4. The zero-order valence-corrected chi connectivity index (χ0v) is 24.3. The Morgan fingerprint density at radius 2 is 1.61 bits per heavy atom. The van der Waals surface area contributed by atoms with Gasteiger partial charge in [-0.05, 0) is 24.6 Å². The van der Waals surface area contributed by atoms with E-state index in [0.717, 1.165) is 17.2 Å². The number of aromatic nitrogens is 2. The summed E-state index contributed by atoms with van der Waals surface area (Å²) in [6.07, 6.45) is -3.62. The fourth-order valence-electron chi connectivity index (χ4n) is 5.42. The first-order valence-corrected chi connectivity index (χ1v) is 13.9. The second kappa shape index (κ2) is 13.4. The summed E-state index contributed by atoms with van der Waals surface area (Å²) in [5.41, 5.74) is -2.76. The number of carbonyl (C=O) groups is 2. The highest BCUT2D eigenvalue weighted by atomic mass is 35.5. The summed E-state index contributed by atoms with van der Waals surface area (Å²) >= 11 is 0. The first-order valence-electron chi connectivity index (χ1n) is 13.9. The summed E-state index contributed by atoms with van der Waals surface area (Å²) < 4.78 is 74.9. The van der Waals surface area contributed by atoms with E-state index in [4.69, 9.17) is 5.11 Å². The molecule has 44 heavy (non-hydrogen) atoms. The van der Waals surface area contributed by atoms with Crippen LogP contribution in [0.1, 0.15) is 34.5 Å². The minimum atomic E-state index is -4.98. The Kier molecular flexibility index (Phi) is 10.1. The number of nitrogens with zero attached hydrogens (tertiary/aromatic N) is 5. The van der Waals surface area contributed by atoms with Gasteiger partial charge in [0.2, 0.25) is 5.91 Å². The Morgan fingerprint density at radius 1 is 0.955 bits per heavy atom. The summed E-state index contributed by atoms with van der Waals surface area (Å²) in [5.74, 6) is -5.30. The van der Waals surface area contributed by atoms with E-state index in [-0.39, 0.29) is 36.0 Å². The maximum absolute atomic E-state index is 15.7. The van der Waals surface area contributed by atoms with E-state index in [1.54, 1.807) is 6.07 Å². The number of benzene rings is 2. The van der Waals surface area contributed by atoms with Gasteiger partial charge in [0.05, 0.1) is 23.1 Å². The molecular formula is C30H31ClF5N5O3. The van der Waals surface area contributed by atoms with Crippen LogP contribution in [0.2, 0.25) is 0 Å². The number of allylic oxidation sites excluding steroid dienone is 1. The number of amides is 2. The molecule has 0 bridgehead atoms. The van der Waals surface area contributed by atoms with Crippen molar-refractivity contribution in [3.63, 3.8) is 0 Å². The van der Waals surface area contributed by atoms with Crippen molar-refractivity contribution in [1.82, 2.24) is 19.6 Å². The zero-order chi connectivity index (χ0) is 30.8. The van der Waals surface area contributed by atoms with Crippen molar-refractivity contribution in [2.24, 2.45) is 0 Å². The monoisotopic (exact) mass is 639 g/mol. The lowest BCUT2D eigenvalue weighted by molar-refractivity contribution is -0.143. The fourth-order valence-corrected chi connectivity index (χ4v) is 5.42. The lowest BCUT2D eigenvalue weighted by Gasteiger charge is -2.34. The second-order valence-corrected chi connectivity index (χ2v) is 10.4. The minimum Gasteiger partial charge on any atom is -0.396 e. The Hall–Kier alpha value is -3.81. The predicted molar refractivity (Wildman–Crippen MR) is 156 cm³/mol. The van der Waals surface area contributed by atoms with Crippen LogP contribution in [0.15, 0.2) is 66.9 Å². The zero-order valence-electron chi connectivity index (χ0n) is 23.5. The van der Waals surface area contributed by atoms with Gasteiger partial charge < -0.3 is 14.9 Å². The first kappa shape index (κ1) is 33.1. The molecule has 2 aliphatic rings. The SMILES string of the molecule is Cl.O=C(C=C1c2ccccc2N(C(=O)c2cnn(-c3ccccc3)c2C(F)(F)F)CCC1(F)F)N1CCN(CCCO)CC1. The molecule has 3 heterocycles. The molecule has 1 N–H and O–H groups in total. The third-order valence-electron chi connectivity index (χ3n) is 7.63. The van der Waals surface area contributed by atoms with Gasteiger partial charge in [-0.1, -0.05) is 36.4 Å². The molecule has 0 atom stereocenters. The number of para-hydroxylation sites is 2. The van der Waals surface area contributed by atoms with Gasteiger partial charge in [0.25, 0.3) is 11.8 Å². The standard InChI is InChI=1S/C30H30F5N5O3.ClH/c31-29(32)11-13-39(28(43)23-20-36-40(27(23)30(33,34)35)21-7-2-1-3-8-21)25-10-5-4-9-22(25)24(29)19-26(42)38-16-14-37(15-17-38)12-6-18-41;/h1-5,7-10,19-20,41H,6,11-18H2;1H. The van der Waals surface area contributed by atoms with Crippen LogP contribution in [-0.2, 0) is 11.0 Å². The first-order chi connectivity index (χ1) is 20.5. The predicted octanol–water partition coefficient (Wildman–Crippen LogP) is 4.91. The summed E-state index contributed by atoms with van der Waals surface area (Å²) in [6.45, 7) is 1.81. The van der Waals surface area contributed by atoms with Crippen LogP contribution in [0.5, 0.6) is 0 Å². The molecule has 5 rings (SSSR count). The van der Waals surface area contributed by atoms with Gasteiger partial charge in [-0.15, -0.1) is 12.4 Å². The molecular weight excluding hydrogens is 609 g/mol. The Bertz CT molecular complexity index is 1500. The highest BCUT2D eigenvalue weighted by Gasteiger charge is 2.45. The lowest BCUT2D eigenvalue weighted by atomic mass is 9.96. The van der Waals surface area contributed by atoms with E-state index in [0.29, 0.717) is 43.8 Å². The molecule has 0 spiro atoms. The molecule has 14 heteroatoms. The molecule has 3 aromatic rings. The maximum atomic E-state index is 15.7. The number of piperazine rings is 1. The van der Waals surface area contributed by atoms with E-state index < -0.39 is 53.7 Å². The van der Waals surface area contributed by atoms with Crippen molar-refractivity contribution in [3.05, 3.63) is 83.7 Å². The summed E-state index contributed by atoms with van der Waals surface area (Å²) in [6, 6.07) is 13.1. The van der Waals surface area contributed by atoms with Gasteiger partial charge >= 0.3 is 6.18 Å². The number of hydrogen-bond acceptors (Lipinski definition) is 5. The van der Waals surface area contributed by atoms with Crippen LogP contribution in [0, 0.1) is 0 Å². The summed E-state index contributed by atoms with van der Waals surface area (Å²) in [5, 5.41) is 12.9. The van der Waals surface area contributed by atoms with Gasteiger partial charge in [-0.3, -0.25) is 14.5 Å². The maximum Gasteiger partial charge on any atom is 0.434 e. The van der Waals surface area contributed by atoms with Crippen LogP contribution in [-0.4, -0.2) is 88.3 Å². The summed E-state index contributed by atoms with van der Waals surface area (Å²) in [4.78, 5) is 31.3. The van der Waals surface area contributed by atoms with Crippen LogP contribution in [0.3, 0.4) is 0 Å². The van der Waals surface area contributed by atoms with Crippen LogP contribution in [0.25, 0.3) is 11.3 Å². The van der Waals surface area contributed by atoms with Crippen molar-refractivity contribution in [2.45, 2.75) is 24.9 Å². The van der Waals surface area contributed by atoms with Gasteiger partial charge in [0, 0.05) is 69.5 Å². The third-order valence-corrected chi connectivity index (χ3v) is 7.63. The van der Waals surface area contributed by atoms with Gasteiger partial charge in [-0.25, -0.2) is 13.5 Å². The van der Waals surface area contributed by atoms with Crippen LogP contribution >= 0.6 is 12.4 Å². The van der Waals surface area contributed by atoms with E-state index in [1.807, 2.05) is 0 Å². The number of hydrogen-bond donors (Lipinski definition) is 1. The Labute approximate surface area is 256 Å². The van der Waals surface area contributed by atoms with Gasteiger partial charge in [-0.2, -0.15) is 18.3 Å². The van der Waals surface area contributed by atoms with Crippen molar-refractivity contribution < 1.29 is 36.6 Å². The molecule has 236 valence electrons. The third kappa shape index (κ3) is 6.79. The number of carbonyl (C=O) groups excluding carboxylic acids is 2. The molecule has 1 fully saturated rings. The largest absolute Gasteiger partial charge is 0.434 e.